The molecule has 1 aromatic heterocycles. The first-order valence-electron chi connectivity index (χ1n) is 11.8. The van der Waals surface area contributed by atoms with Gasteiger partial charge < -0.3 is 9.32 Å². The number of benzene rings is 4. The predicted molar refractivity (Wildman–Crippen MR) is 136 cm³/mol. The van der Waals surface area contributed by atoms with E-state index in [1.807, 2.05) is 35.2 Å². The van der Waals surface area contributed by atoms with Gasteiger partial charge in [0.25, 0.3) is 5.91 Å². The van der Waals surface area contributed by atoms with E-state index in [1.165, 1.54) is 11.1 Å². The maximum atomic E-state index is 13.3. The zero-order chi connectivity index (χ0) is 22.9. The van der Waals surface area contributed by atoms with Crippen LogP contribution >= 0.6 is 0 Å². The number of amides is 1. The van der Waals surface area contributed by atoms with Gasteiger partial charge >= 0.3 is 0 Å². The molecule has 5 aromatic rings. The van der Waals surface area contributed by atoms with Crippen molar-refractivity contribution < 1.29 is 9.21 Å². The minimum atomic E-state index is -0.0316. The van der Waals surface area contributed by atoms with Crippen LogP contribution in [0.25, 0.3) is 21.7 Å². The van der Waals surface area contributed by atoms with Crippen molar-refractivity contribution in [2.24, 2.45) is 0 Å². The molecule has 34 heavy (non-hydrogen) atoms. The highest BCUT2D eigenvalue weighted by molar-refractivity contribution is 6.08. The van der Waals surface area contributed by atoms with Crippen LogP contribution in [0.3, 0.4) is 0 Å². The average molecular weight is 447 g/mol. The maximum Gasteiger partial charge on any atom is 0.289 e. The molecule has 1 saturated heterocycles. The van der Waals surface area contributed by atoms with E-state index in [-0.39, 0.29) is 11.9 Å². The Balaban J connectivity index is 1.23. The number of hydrogen-bond donors (Lipinski definition) is 0. The number of rotatable bonds is 4. The first kappa shape index (κ1) is 20.7. The van der Waals surface area contributed by atoms with E-state index < -0.39 is 0 Å². The number of hydrogen-bond acceptors (Lipinski definition) is 3. The van der Waals surface area contributed by atoms with Gasteiger partial charge in [0.15, 0.2) is 5.76 Å². The van der Waals surface area contributed by atoms with Gasteiger partial charge in [-0.3, -0.25) is 9.69 Å². The Bertz CT molecular complexity index is 1390. The van der Waals surface area contributed by atoms with E-state index >= 15 is 0 Å². The normalized spacial score (nSPS) is 14.8. The summed E-state index contributed by atoms with van der Waals surface area (Å²) in [5, 5.41) is 3.26. The number of furan rings is 1. The molecule has 0 saturated carbocycles. The summed E-state index contributed by atoms with van der Waals surface area (Å²) in [5.41, 5.74) is 3.31. The van der Waals surface area contributed by atoms with Crippen molar-refractivity contribution in [2.45, 2.75) is 6.04 Å². The van der Waals surface area contributed by atoms with E-state index in [1.54, 1.807) is 0 Å². The number of nitrogens with zero attached hydrogens (tertiary/aromatic N) is 2. The second kappa shape index (κ2) is 8.81. The van der Waals surface area contributed by atoms with Crippen LogP contribution in [0, 0.1) is 0 Å². The van der Waals surface area contributed by atoms with Crippen molar-refractivity contribution in [2.75, 3.05) is 26.2 Å². The summed E-state index contributed by atoms with van der Waals surface area (Å²) in [4.78, 5) is 17.7. The van der Waals surface area contributed by atoms with Gasteiger partial charge in [0.2, 0.25) is 0 Å². The summed E-state index contributed by atoms with van der Waals surface area (Å²) >= 11 is 0. The second-order valence-electron chi connectivity index (χ2n) is 8.86. The largest absolute Gasteiger partial charge is 0.451 e. The van der Waals surface area contributed by atoms with E-state index in [2.05, 4.69) is 77.7 Å². The minimum absolute atomic E-state index is 0.0316. The fourth-order valence-electron chi connectivity index (χ4n) is 5.12. The Morgan fingerprint density at radius 2 is 1.29 bits per heavy atom. The van der Waals surface area contributed by atoms with E-state index in [9.17, 15) is 4.79 Å². The summed E-state index contributed by atoms with van der Waals surface area (Å²) in [6.07, 6.45) is 0. The topological polar surface area (TPSA) is 36.7 Å². The lowest BCUT2D eigenvalue weighted by atomic mass is 9.96. The van der Waals surface area contributed by atoms with Gasteiger partial charge in [-0.1, -0.05) is 91.0 Å². The van der Waals surface area contributed by atoms with Crippen LogP contribution in [0.1, 0.15) is 27.7 Å². The summed E-state index contributed by atoms with van der Waals surface area (Å²) < 4.78 is 6.00. The number of carbonyl (C=O) groups excluding carboxylic acids is 1. The van der Waals surface area contributed by atoms with Gasteiger partial charge in [0.05, 0.1) is 6.04 Å². The van der Waals surface area contributed by atoms with Gasteiger partial charge in [-0.05, 0) is 34.0 Å². The first-order valence-corrected chi connectivity index (χ1v) is 11.8. The third-order valence-corrected chi connectivity index (χ3v) is 6.83. The van der Waals surface area contributed by atoms with Crippen molar-refractivity contribution in [1.82, 2.24) is 9.80 Å². The molecule has 0 spiro atoms. The third kappa shape index (κ3) is 3.76. The molecular formula is C30H26N2O2. The lowest BCUT2D eigenvalue weighted by molar-refractivity contribution is 0.0570. The van der Waals surface area contributed by atoms with Crippen LogP contribution in [0.15, 0.2) is 108 Å². The maximum absolute atomic E-state index is 13.3. The molecule has 1 amide bonds. The van der Waals surface area contributed by atoms with Crippen LogP contribution < -0.4 is 0 Å². The van der Waals surface area contributed by atoms with E-state index in [4.69, 9.17) is 4.42 Å². The highest BCUT2D eigenvalue weighted by atomic mass is 16.3. The molecule has 6 rings (SSSR count). The van der Waals surface area contributed by atoms with Crippen molar-refractivity contribution >= 4 is 27.6 Å². The monoisotopic (exact) mass is 446 g/mol. The molecule has 168 valence electrons. The van der Waals surface area contributed by atoms with Crippen molar-refractivity contribution in [3.05, 3.63) is 120 Å². The van der Waals surface area contributed by atoms with E-state index in [0.29, 0.717) is 18.8 Å². The molecule has 2 heterocycles. The molecular weight excluding hydrogens is 420 g/mol. The zero-order valence-corrected chi connectivity index (χ0v) is 18.9. The van der Waals surface area contributed by atoms with Crippen molar-refractivity contribution in [1.29, 1.82) is 0 Å². The molecule has 0 aliphatic carbocycles. The Morgan fingerprint density at radius 1 is 0.676 bits per heavy atom. The Hall–Kier alpha value is -3.89. The third-order valence-electron chi connectivity index (χ3n) is 6.83. The van der Waals surface area contributed by atoms with Gasteiger partial charge in [0, 0.05) is 31.6 Å². The molecule has 1 fully saturated rings. The standard InChI is InChI=1S/C30H26N2O2/c33-30(28-21-26-25-14-8-7-9-22(25)15-16-27(26)34-28)32-19-17-31(18-20-32)29(23-10-3-1-4-11-23)24-12-5-2-6-13-24/h1-16,21,29H,17-20H2. The van der Waals surface area contributed by atoms with Gasteiger partial charge in [-0.25, -0.2) is 0 Å². The van der Waals surface area contributed by atoms with Crippen molar-refractivity contribution in [3.8, 4) is 0 Å². The molecule has 0 radical (unpaired) electrons. The average Bonchev–Trinajstić information content (AvgIpc) is 3.35. The minimum Gasteiger partial charge on any atom is -0.451 e. The second-order valence-corrected chi connectivity index (χ2v) is 8.86. The number of fused-ring (bicyclic) bond motifs is 3. The van der Waals surface area contributed by atoms with Gasteiger partial charge in [-0.15, -0.1) is 0 Å². The highest BCUT2D eigenvalue weighted by Crippen LogP contribution is 2.31. The summed E-state index contributed by atoms with van der Waals surface area (Å²) in [6, 6.07) is 35.5. The lowest BCUT2D eigenvalue weighted by Crippen LogP contribution is -2.49. The van der Waals surface area contributed by atoms with Crippen molar-refractivity contribution in [3.63, 3.8) is 0 Å². The predicted octanol–water partition coefficient (Wildman–Crippen LogP) is 6.13. The summed E-state index contributed by atoms with van der Waals surface area (Å²) in [5.74, 6) is 0.387. The van der Waals surface area contributed by atoms with Gasteiger partial charge in [-0.2, -0.15) is 0 Å². The SMILES string of the molecule is O=C(c1cc2c(ccc3ccccc32)o1)N1CCN(C(c2ccccc2)c2ccccc2)CC1. The quantitative estimate of drug-likeness (QED) is 0.333. The molecule has 1 aliphatic heterocycles. The van der Waals surface area contributed by atoms with Crippen LogP contribution in [0.4, 0.5) is 0 Å². The van der Waals surface area contributed by atoms with Crippen LogP contribution in [-0.2, 0) is 0 Å². The fourth-order valence-corrected chi connectivity index (χ4v) is 5.12. The number of carbonyl (C=O) groups is 1. The van der Waals surface area contributed by atoms with Crippen LogP contribution in [-0.4, -0.2) is 41.9 Å². The molecule has 4 heteroatoms. The molecule has 1 aliphatic rings. The molecule has 4 aromatic carbocycles. The van der Waals surface area contributed by atoms with E-state index in [0.717, 1.165) is 34.8 Å². The highest BCUT2D eigenvalue weighted by Gasteiger charge is 2.29. The fraction of sp³-hybridized carbons (Fsp3) is 0.167. The lowest BCUT2D eigenvalue weighted by Gasteiger charge is -2.39. The Kier molecular flexibility index (Phi) is 5.36. The summed E-state index contributed by atoms with van der Waals surface area (Å²) in [7, 11) is 0. The Morgan fingerprint density at radius 3 is 1.97 bits per heavy atom. The molecule has 0 bridgehead atoms. The zero-order valence-electron chi connectivity index (χ0n) is 18.9. The number of piperazine rings is 1. The summed E-state index contributed by atoms with van der Waals surface area (Å²) in [6.45, 7) is 2.96. The molecule has 0 atom stereocenters. The molecule has 0 unspecified atom stereocenters. The van der Waals surface area contributed by atoms with Crippen LogP contribution in [0.5, 0.6) is 0 Å². The van der Waals surface area contributed by atoms with Gasteiger partial charge in [0.1, 0.15) is 5.58 Å². The molecule has 4 nitrogen and oxygen atoms in total. The smallest absolute Gasteiger partial charge is 0.289 e. The Labute approximate surface area is 199 Å². The first-order chi connectivity index (χ1) is 16.8. The van der Waals surface area contributed by atoms with Crippen LogP contribution in [0.2, 0.25) is 0 Å². The molecule has 0 N–H and O–H groups in total.